The van der Waals surface area contributed by atoms with Crippen LogP contribution in [-0.4, -0.2) is 39.6 Å². The van der Waals surface area contributed by atoms with Crippen LogP contribution in [0.3, 0.4) is 0 Å². The second kappa shape index (κ2) is 8.14. The molecule has 26 heavy (non-hydrogen) atoms. The Balaban J connectivity index is 1.54. The van der Waals surface area contributed by atoms with Gasteiger partial charge in [0.1, 0.15) is 0 Å². The number of anilines is 1. The lowest BCUT2D eigenvalue weighted by molar-refractivity contribution is -0.120. The van der Waals surface area contributed by atoms with Crippen molar-refractivity contribution in [1.29, 1.82) is 0 Å². The van der Waals surface area contributed by atoms with Gasteiger partial charge in [-0.3, -0.25) is 19.2 Å². The summed E-state index contributed by atoms with van der Waals surface area (Å²) in [4.78, 5) is 25.8. The Labute approximate surface area is 153 Å². The Morgan fingerprint density at radius 1 is 1.23 bits per heavy atom. The van der Waals surface area contributed by atoms with Crippen LogP contribution in [0.15, 0.2) is 42.6 Å². The molecule has 0 spiro atoms. The molecule has 3 N–H and O–H groups in total. The van der Waals surface area contributed by atoms with Gasteiger partial charge in [0.15, 0.2) is 5.82 Å². The van der Waals surface area contributed by atoms with E-state index >= 15 is 0 Å². The van der Waals surface area contributed by atoms with Gasteiger partial charge in [-0.15, -0.1) is 0 Å². The van der Waals surface area contributed by atoms with Gasteiger partial charge in [0, 0.05) is 44.9 Å². The fraction of sp³-hybridized carbons (Fsp3) is 0.421. The molecule has 2 amide bonds. The van der Waals surface area contributed by atoms with Crippen molar-refractivity contribution in [3.8, 4) is 0 Å². The Hall–Kier alpha value is -2.67. The van der Waals surface area contributed by atoms with E-state index in [0.29, 0.717) is 12.4 Å². The molecule has 0 radical (unpaired) electrons. The maximum atomic E-state index is 12.6. The van der Waals surface area contributed by atoms with Crippen LogP contribution in [0.5, 0.6) is 0 Å². The monoisotopic (exact) mass is 355 g/mol. The molecule has 0 bridgehead atoms. The third kappa shape index (κ3) is 4.70. The van der Waals surface area contributed by atoms with Crippen molar-refractivity contribution in [1.82, 2.24) is 14.7 Å². The van der Waals surface area contributed by atoms with Gasteiger partial charge < -0.3 is 11.1 Å². The van der Waals surface area contributed by atoms with Crippen molar-refractivity contribution < 1.29 is 9.59 Å². The molecule has 1 aromatic carbocycles. The van der Waals surface area contributed by atoms with E-state index in [2.05, 4.69) is 34.4 Å². The molecule has 7 nitrogen and oxygen atoms in total. The fourth-order valence-corrected chi connectivity index (χ4v) is 3.38. The predicted octanol–water partition coefficient (Wildman–Crippen LogP) is 1.47. The molecular formula is C19H25N5O2. The van der Waals surface area contributed by atoms with Crippen LogP contribution in [-0.2, 0) is 22.7 Å². The van der Waals surface area contributed by atoms with Crippen LogP contribution in [0, 0.1) is 11.8 Å². The molecule has 0 aliphatic carbocycles. The topological polar surface area (TPSA) is 93.3 Å². The number of hydrogen-bond donors (Lipinski definition) is 2. The lowest BCUT2D eigenvalue weighted by Gasteiger charge is -2.15. The van der Waals surface area contributed by atoms with Gasteiger partial charge in [0.2, 0.25) is 11.8 Å². The summed E-state index contributed by atoms with van der Waals surface area (Å²) in [6.45, 7) is 5.03. The minimum atomic E-state index is -0.371. The minimum Gasteiger partial charge on any atom is -0.370 e. The maximum Gasteiger partial charge on any atom is 0.230 e. The second-order valence-electron chi connectivity index (χ2n) is 6.93. The zero-order chi connectivity index (χ0) is 18.5. The fourth-order valence-electron chi connectivity index (χ4n) is 3.38. The van der Waals surface area contributed by atoms with Gasteiger partial charge in [-0.05, 0) is 11.5 Å². The number of carbonyl (C=O) groups excluding carboxylic acids is 2. The Morgan fingerprint density at radius 2 is 2.00 bits per heavy atom. The van der Waals surface area contributed by atoms with Gasteiger partial charge >= 0.3 is 0 Å². The first-order valence-corrected chi connectivity index (χ1v) is 8.90. The van der Waals surface area contributed by atoms with Crippen LogP contribution >= 0.6 is 0 Å². The number of amides is 2. The molecule has 3 rings (SSSR count). The van der Waals surface area contributed by atoms with Gasteiger partial charge in [0.05, 0.1) is 5.92 Å². The molecule has 0 saturated carbocycles. The van der Waals surface area contributed by atoms with E-state index in [0.717, 1.165) is 19.6 Å². The van der Waals surface area contributed by atoms with Crippen molar-refractivity contribution >= 4 is 17.6 Å². The van der Waals surface area contributed by atoms with Crippen LogP contribution in [0.2, 0.25) is 0 Å². The average Bonchev–Trinajstić information content (AvgIpc) is 3.20. The molecule has 1 fully saturated rings. The normalized spacial score (nSPS) is 20.2. The highest BCUT2D eigenvalue weighted by Gasteiger charge is 2.34. The molecule has 2 aromatic rings. The van der Waals surface area contributed by atoms with Gasteiger partial charge in [-0.2, -0.15) is 5.10 Å². The largest absolute Gasteiger partial charge is 0.370 e. The Bertz CT molecular complexity index is 758. The first-order chi connectivity index (χ1) is 12.5. The molecule has 1 aliphatic rings. The first-order valence-electron chi connectivity index (χ1n) is 8.90. The Morgan fingerprint density at radius 3 is 2.73 bits per heavy atom. The van der Waals surface area contributed by atoms with E-state index in [4.69, 9.17) is 5.73 Å². The number of hydrogen-bond acceptors (Lipinski definition) is 4. The zero-order valence-corrected chi connectivity index (χ0v) is 15.0. The van der Waals surface area contributed by atoms with E-state index in [9.17, 15) is 9.59 Å². The number of aromatic nitrogens is 2. The lowest BCUT2D eigenvalue weighted by atomic mass is 9.97. The van der Waals surface area contributed by atoms with Crippen LogP contribution < -0.4 is 11.1 Å². The minimum absolute atomic E-state index is 0.00628. The van der Waals surface area contributed by atoms with Crippen LogP contribution in [0.4, 0.5) is 5.82 Å². The second-order valence-corrected chi connectivity index (χ2v) is 6.93. The van der Waals surface area contributed by atoms with Gasteiger partial charge in [0.25, 0.3) is 0 Å². The third-order valence-electron chi connectivity index (χ3n) is 4.75. The highest BCUT2D eigenvalue weighted by Crippen LogP contribution is 2.25. The van der Waals surface area contributed by atoms with Gasteiger partial charge in [-0.1, -0.05) is 37.3 Å². The number of carbonyl (C=O) groups is 2. The zero-order valence-electron chi connectivity index (χ0n) is 15.0. The van der Waals surface area contributed by atoms with Crippen molar-refractivity contribution in [2.75, 3.05) is 18.4 Å². The van der Waals surface area contributed by atoms with E-state index in [1.165, 1.54) is 5.56 Å². The average molecular weight is 355 g/mol. The van der Waals surface area contributed by atoms with Crippen LogP contribution in [0.25, 0.3) is 0 Å². The standard InChI is InChI=1S/C19H25N5O2/c1-14-11-23(12-15-5-3-2-4-6-15)13-16(14)19(26)21-18-8-10-24(22-18)9-7-17(20)25/h2-6,8,10,14,16H,7,9,11-13H2,1H3,(H2,20,25)(H,21,22,26)/t14-,16-/m1/s1. The van der Waals surface area contributed by atoms with E-state index in [1.807, 2.05) is 18.2 Å². The summed E-state index contributed by atoms with van der Waals surface area (Å²) in [7, 11) is 0. The molecule has 0 unspecified atom stereocenters. The van der Waals surface area contributed by atoms with Crippen molar-refractivity contribution in [3.63, 3.8) is 0 Å². The maximum absolute atomic E-state index is 12.6. The summed E-state index contributed by atoms with van der Waals surface area (Å²) in [6.07, 6.45) is 1.96. The Kier molecular flexibility index (Phi) is 5.68. The molecule has 138 valence electrons. The lowest BCUT2D eigenvalue weighted by Crippen LogP contribution is -2.28. The summed E-state index contributed by atoms with van der Waals surface area (Å²) < 4.78 is 1.61. The molecule has 7 heteroatoms. The molecule has 1 saturated heterocycles. The van der Waals surface area contributed by atoms with E-state index < -0.39 is 0 Å². The number of nitrogens with one attached hydrogen (secondary N) is 1. The quantitative estimate of drug-likeness (QED) is 0.786. The third-order valence-corrected chi connectivity index (χ3v) is 4.75. The van der Waals surface area contributed by atoms with E-state index in [1.54, 1.807) is 16.9 Å². The predicted molar refractivity (Wildman–Crippen MR) is 99.0 cm³/mol. The number of likely N-dealkylation sites (tertiary alicyclic amines) is 1. The first kappa shape index (κ1) is 18.1. The van der Waals surface area contributed by atoms with E-state index in [-0.39, 0.29) is 30.1 Å². The highest BCUT2D eigenvalue weighted by molar-refractivity contribution is 5.92. The number of nitrogens with zero attached hydrogens (tertiary/aromatic N) is 3. The van der Waals surface area contributed by atoms with Gasteiger partial charge in [-0.25, -0.2) is 0 Å². The van der Waals surface area contributed by atoms with Crippen LogP contribution in [0.1, 0.15) is 18.9 Å². The highest BCUT2D eigenvalue weighted by atomic mass is 16.2. The molecular weight excluding hydrogens is 330 g/mol. The summed E-state index contributed by atoms with van der Waals surface area (Å²) in [5, 5.41) is 7.16. The number of benzene rings is 1. The summed E-state index contributed by atoms with van der Waals surface area (Å²) in [5.41, 5.74) is 6.40. The van der Waals surface area contributed by atoms with Crippen molar-refractivity contribution in [2.45, 2.75) is 26.4 Å². The molecule has 2 atom stereocenters. The van der Waals surface area contributed by atoms with Crippen molar-refractivity contribution in [3.05, 3.63) is 48.2 Å². The summed E-state index contributed by atoms with van der Waals surface area (Å²) in [5.74, 6) is 0.357. The number of nitrogens with two attached hydrogens (primary N) is 1. The van der Waals surface area contributed by atoms with Crippen molar-refractivity contribution in [2.24, 2.45) is 17.6 Å². The SMILES string of the molecule is C[C@@H]1CN(Cc2ccccc2)C[C@H]1C(=O)Nc1ccn(CCC(N)=O)n1. The smallest absolute Gasteiger partial charge is 0.230 e. The summed E-state index contributed by atoms with van der Waals surface area (Å²) >= 11 is 0. The number of rotatable bonds is 7. The number of primary amides is 1. The molecule has 1 aromatic heterocycles. The number of aryl methyl sites for hydroxylation is 1. The molecule has 1 aliphatic heterocycles. The molecule has 2 heterocycles. The summed E-state index contributed by atoms with van der Waals surface area (Å²) in [6, 6.07) is 12.0.